The molecule has 17 heteroatoms. The van der Waals surface area contributed by atoms with E-state index in [1.165, 1.54) is 36.0 Å². The van der Waals surface area contributed by atoms with Gasteiger partial charge in [0, 0.05) is 38.6 Å². The van der Waals surface area contributed by atoms with Crippen molar-refractivity contribution < 1.29 is 61.5 Å². The van der Waals surface area contributed by atoms with E-state index in [0.717, 1.165) is 44.1 Å². The van der Waals surface area contributed by atoms with Crippen LogP contribution in [-0.4, -0.2) is 113 Å². The quantitative estimate of drug-likeness (QED) is 0.0611. The molecule has 0 aliphatic heterocycles. The van der Waals surface area contributed by atoms with Gasteiger partial charge < -0.3 is 39.2 Å². The molecule has 3 rings (SSSR count). The standard InChI is InChI=1S/C41H55N3O13S/c45-35(8-6-22-53-25-28-56-31-40(48)49)30-55-27-26-54-24-21-42-41(50)34-14-19-38(43-29-34)44-58(51,52)37-17-15-36(16-18-37)57-23-20-33-12-10-32(11-13-33)7-4-2-1-3-5-9-39(46)47/h10-19,29H,1-9,20-28,30-31H2,(H,42,50)(H,43,44)(H,46,47)(H,48,49). The second-order valence-corrected chi connectivity index (χ2v) is 14.9. The molecule has 58 heavy (non-hydrogen) atoms. The number of hydrogen-bond donors (Lipinski definition) is 4. The van der Waals surface area contributed by atoms with Gasteiger partial charge in [-0.2, -0.15) is 0 Å². The van der Waals surface area contributed by atoms with Gasteiger partial charge in [0.25, 0.3) is 15.9 Å². The van der Waals surface area contributed by atoms with E-state index in [0.29, 0.717) is 31.8 Å². The molecule has 0 aliphatic carbocycles. The number of carbonyl (C=O) groups excluding carboxylic acids is 2. The molecule has 0 bridgehead atoms. The summed E-state index contributed by atoms with van der Waals surface area (Å²) in [7, 11) is -3.95. The number of rotatable bonds is 33. The maximum absolute atomic E-state index is 13.0. The lowest BCUT2D eigenvalue weighted by Gasteiger charge is -2.10. The second kappa shape index (κ2) is 27.7. The van der Waals surface area contributed by atoms with Crippen LogP contribution in [0.2, 0.25) is 0 Å². The number of sulfonamides is 1. The number of pyridine rings is 1. The Morgan fingerprint density at radius 1 is 0.603 bits per heavy atom. The maximum atomic E-state index is 13.0. The number of carbonyl (C=O) groups is 4. The number of nitrogens with one attached hydrogen (secondary N) is 2. The van der Waals surface area contributed by atoms with E-state index in [1.54, 1.807) is 12.1 Å². The first-order chi connectivity index (χ1) is 28.0. The summed E-state index contributed by atoms with van der Waals surface area (Å²) in [6, 6.07) is 17.3. The fourth-order valence-corrected chi connectivity index (χ4v) is 6.37. The zero-order chi connectivity index (χ0) is 41.9. The molecule has 0 radical (unpaired) electrons. The third-order valence-corrected chi connectivity index (χ3v) is 9.82. The Labute approximate surface area is 339 Å². The summed E-state index contributed by atoms with van der Waals surface area (Å²) >= 11 is 0. The summed E-state index contributed by atoms with van der Waals surface area (Å²) < 4.78 is 55.0. The Hall–Kier alpha value is -4.94. The number of anilines is 1. The number of unbranched alkanes of at least 4 members (excludes halogenated alkanes) is 4. The first kappa shape index (κ1) is 47.4. The number of hydrogen-bond acceptors (Lipinski definition) is 12. The number of carboxylic acids is 2. The van der Waals surface area contributed by atoms with Gasteiger partial charge in [-0.25, -0.2) is 18.2 Å². The lowest BCUT2D eigenvalue weighted by molar-refractivity contribution is -0.143. The fourth-order valence-electron chi connectivity index (χ4n) is 5.36. The van der Waals surface area contributed by atoms with E-state index < -0.39 is 27.9 Å². The number of amides is 1. The molecule has 0 saturated carbocycles. The molecular formula is C41H55N3O13S. The first-order valence-electron chi connectivity index (χ1n) is 19.4. The Kier molecular flexibility index (Phi) is 22.6. The summed E-state index contributed by atoms with van der Waals surface area (Å²) in [5.74, 6) is -1.69. The number of aryl methyl sites for hydroxylation is 1. The van der Waals surface area contributed by atoms with E-state index in [-0.39, 0.29) is 87.7 Å². The van der Waals surface area contributed by atoms with Crippen LogP contribution >= 0.6 is 0 Å². The predicted molar refractivity (Wildman–Crippen MR) is 214 cm³/mol. The molecule has 0 saturated heterocycles. The lowest BCUT2D eigenvalue weighted by Crippen LogP contribution is -2.28. The average Bonchev–Trinajstić information content (AvgIpc) is 3.20. The molecular weight excluding hydrogens is 775 g/mol. The molecule has 1 amide bonds. The number of Topliss-reactive ketones (excluding diaryl/α,β-unsaturated/α-hetero) is 1. The van der Waals surface area contributed by atoms with Gasteiger partial charge in [-0.15, -0.1) is 0 Å². The molecule has 0 spiro atoms. The van der Waals surface area contributed by atoms with Crippen LogP contribution < -0.4 is 14.8 Å². The van der Waals surface area contributed by atoms with E-state index in [1.807, 2.05) is 0 Å². The number of ketones is 1. The summed E-state index contributed by atoms with van der Waals surface area (Å²) in [5.41, 5.74) is 2.63. The van der Waals surface area contributed by atoms with Crippen molar-refractivity contribution in [3.63, 3.8) is 0 Å². The van der Waals surface area contributed by atoms with Gasteiger partial charge in [0.05, 0.1) is 50.1 Å². The monoisotopic (exact) mass is 829 g/mol. The lowest BCUT2D eigenvalue weighted by atomic mass is 10.0. The Morgan fingerprint density at radius 3 is 1.91 bits per heavy atom. The highest BCUT2D eigenvalue weighted by Gasteiger charge is 2.16. The van der Waals surface area contributed by atoms with Crippen LogP contribution in [-0.2, 0) is 56.2 Å². The number of aliphatic carboxylic acids is 2. The van der Waals surface area contributed by atoms with E-state index in [2.05, 4.69) is 39.3 Å². The van der Waals surface area contributed by atoms with Gasteiger partial charge in [0.2, 0.25) is 0 Å². The van der Waals surface area contributed by atoms with Crippen LogP contribution in [0, 0.1) is 0 Å². The minimum absolute atomic E-state index is 0.0254. The average molecular weight is 830 g/mol. The van der Waals surface area contributed by atoms with Crippen molar-refractivity contribution in [2.24, 2.45) is 0 Å². The number of carboxylic acid groups (broad SMARTS) is 2. The number of ether oxygens (including phenoxy) is 5. The topological polar surface area (TPSA) is 226 Å². The minimum atomic E-state index is -3.95. The molecule has 0 unspecified atom stereocenters. The highest BCUT2D eigenvalue weighted by atomic mass is 32.2. The highest BCUT2D eigenvalue weighted by Crippen LogP contribution is 2.19. The van der Waals surface area contributed by atoms with Gasteiger partial charge in [-0.1, -0.05) is 43.5 Å². The Morgan fingerprint density at radius 2 is 1.24 bits per heavy atom. The van der Waals surface area contributed by atoms with Crippen molar-refractivity contribution in [2.75, 3.05) is 70.7 Å². The summed E-state index contributed by atoms with van der Waals surface area (Å²) in [5, 5.41) is 19.9. The fraction of sp³-hybridized carbons (Fsp3) is 0.488. The minimum Gasteiger partial charge on any atom is -0.493 e. The zero-order valence-electron chi connectivity index (χ0n) is 32.7. The Bertz CT molecular complexity index is 1770. The Balaban J connectivity index is 1.24. The van der Waals surface area contributed by atoms with E-state index in [9.17, 15) is 27.6 Å². The van der Waals surface area contributed by atoms with Crippen LogP contribution in [0.5, 0.6) is 5.75 Å². The molecule has 2 aromatic carbocycles. The molecule has 0 atom stereocenters. The van der Waals surface area contributed by atoms with Gasteiger partial charge >= 0.3 is 11.9 Å². The zero-order valence-corrected chi connectivity index (χ0v) is 33.6. The smallest absolute Gasteiger partial charge is 0.329 e. The van der Waals surface area contributed by atoms with Crippen LogP contribution in [0.3, 0.4) is 0 Å². The van der Waals surface area contributed by atoms with E-state index >= 15 is 0 Å². The van der Waals surface area contributed by atoms with Crippen molar-refractivity contribution in [1.82, 2.24) is 10.3 Å². The normalized spacial score (nSPS) is 11.2. The van der Waals surface area contributed by atoms with Crippen molar-refractivity contribution in [1.29, 1.82) is 0 Å². The summed E-state index contributed by atoms with van der Waals surface area (Å²) in [4.78, 5) is 49.4. The highest BCUT2D eigenvalue weighted by molar-refractivity contribution is 7.92. The third kappa shape index (κ3) is 21.0. The molecule has 1 heterocycles. The van der Waals surface area contributed by atoms with Crippen LogP contribution in [0.4, 0.5) is 5.82 Å². The van der Waals surface area contributed by atoms with Crippen LogP contribution in [0.15, 0.2) is 71.8 Å². The number of aromatic nitrogens is 1. The summed E-state index contributed by atoms with van der Waals surface area (Å²) in [6.45, 7) is 1.63. The van der Waals surface area contributed by atoms with Gasteiger partial charge in [-0.3, -0.25) is 19.1 Å². The molecule has 3 aromatic rings. The van der Waals surface area contributed by atoms with Crippen LogP contribution in [0.25, 0.3) is 0 Å². The molecule has 1 aromatic heterocycles. The molecule has 0 aliphatic rings. The second-order valence-electron chi connectivity index (χ2n) is 13.2. The third-order valence-electron chi connectivity index (χ3n) is 8.45. The van der Waals surface area contributed by atoms with Crippen molar-refractivity contribution in [2.45, 2.75) is 69.1 Å². The van der Waals surface area contributed by atoms with Crippen molar-refractivity contribution in [3.05, 3.63) is 83.6 Å². The largest absolute Gasteiger partial charge is 0.493 e. The maximum Gasteiger partial charge on any atom is 0.329 e. The van der Waals surface area contributed by atoms with E-state index in [4.69, 9.17) is 33.9 Å². The van der Waals surface area contributed by atoms with Crippen molar-refractivity contribution >= 4 is 39.5 Å². The van der Waals surface area contributed by atoms with Gasteiger partial charge in [-0.05, 0) is 73.2 Å². The molecule has 4 N–H and O–H groups in total. The SMILES string of the molecule is O=C(O)CCCCCCCc1ccc(CCOc2ccc(S(=O)(=O)Nc3ccc(C(=O)NCCOCCOCC(=O)CCCOCCOCC(=O)O)cn3)cc2)cc1. The summed E-state index contributed by atoms with van der Waals surface area (Å²) in [6.07, 6.45) is 8.88. The number of nitrogens with zero attached hydrogens (tertiary/aromatic N) is 1. The van der Waals surface area contributed by atoms with Crippen molar-refractivity contribution in [3.8, 4) is 5.75 Å². The predicted octanol–water partition coefficient (Wildman–Crippen LogP) is 4.70. The first-order valence-corrected chi connectivity index (χ1v) is 20.8. The van der Waals surface area contributed by atoms with Crippen LogP contribution in [0.1, 0.15) is 72.9 Å². The molecule has 0 fully saturated rings. The van der Waals surface area contributed by atoms with Gasteiger partial charge in [0.15, 0.2) is 5.78 Å². The molecule has 318 valence electrons. The van der Waals surface area contributed by atoms with Gasteiger partial charge in [0.1, 0.15) is 24.8 Å². The molecule has 16 nitrogen and oxygen atoms in total. The number of benzene rings is 2.